The molecule has 21 heavy (non-hydrogen) atoms. The SMILES string of the molecule is NC(=O)COc1ccc(CNc2ccc(Br)c(F)c2)cc1. The highest BCUT2D eigenvalue weighted by Crippen LogP contribution is 2.20. The molecule has 0 aliphatic carbocycles. The van der Waals surface area contributed by atoms with Crippen molar-refractivity contribution in [3.8, 4) is 5.75 Å². The molecule has 2 aromatic rings. The van der Waals surface area contributed by atoms with Gasteiger partial charge in [0, 0.05) is 12.2 Å². The first-order valence-corrected chi connectivity index (χ1v) is 7.03. The first-order valence-electron chi connectivity index (χ1n) is 6.23. The smallest absolute Gasteiger partial charge is 0.255 e. The Balaban J connectivity index is 1.91. The number of rotatable bonds is 6. The number of primary amides is 1. The van der Waals surface area contributed by atoms with Crippen molar-refractivity contribution < 1.29 is 13.9 Å². The highest BCUT2D eigenvalue weighted by atomic mass is 79.9. The number of ether oxygens (including phenoxy) is 1. The lowest BCUT2D eigenvalue weighted by molar-refractivity contribution is -0.119. The maximum atomic E-state index is 13.4. The van der Waals surface area contributed by atoms with Crippen LogP contribution in [0, 0.1) is 5.82 Å². The van der Waals surface area contributed by atoms with E-state index in [1.807, 2.05) is 12.1 Å². The molecule has 0 saturated heterocycles. The Morgan fingerprint density at radius 1 is 1.24 bits per heavy atom. The van der Waals surface area contributed by atoms with Crippen LogP contribution in [-0.4, -0.2) is 12.5 Å². The minimum absolute atomic E-state index is 0.143. The van der Waals surface area contributed by atoms with E-state index in [0.29, 0.717) is 22.5 Å². The molecule has 0 atom stereocenters. The molecule has 110 valence electrons. The fourth-order valence-electron chi connectivity index (χ4n) is 1.67. The van der Waals surface area contributed by atoms with E-state index in [-0.39, 0.29) is 12.4 Å². The summed E-state index contributed by atoms with van der Waals surface area (Å²) in [5.74, 6) is -0.250. The molecule has 0 unspecified atom stereocenters. The van der Waals surface area contributed by atoms with Gasteiger partial charge in [0.2, 0.25) is 0 Å². The van der Waals surface area contributed by atoms with Crippen molar-refractivity contribution in [2.24, 2.45) is 5.73 Å². The highest BCUT2D eigenvalue weighted by molar-refractivity contribution is 9.10. The van der Waals surface area contributed by atoms with Gasteiger partial charge in [-0.05, 0) is 51.8 Å². The van der Waals surface area contributed by atoms with E-state index in [4.69, 9.17) is 10.5 Å². The zero-order valence-electron chi connectivity index (χ0n) is 11.1. The van der Waals surface area contributed by atoms with Crippen LogP contribution in [0.2, 0.25) is 0 Å². The van der Waals surface area contributed by atoms with Gasteiger partial charge in [0.05, 0.1) is 4.47 Å². The number of nitrogens with one attached hydrogen (secondary N) is 1. The van der Waals surface area contributed by atoms with Crippen molar-refractivity contribution in [1.29, 1.82) is 0 Å². The van der Waals surface area contributed by atoms with Crippen LogP contribution in [-0.2, 0) is 11.3 Å². The van der Waals surface area contributed by atoms with Crippen molar-refractivity contribution in [2.75, 3.05) is 11.9 Å². The lowest BCUT2D eigenvalue weighted by Crippen LogP contribution is -2.19. The molecule has 3 N–H and O–H groups in total. The summed E-state index contributed by atoms with van der Waals surface area (Å²) in [6.07, 6.45) is 0. The lowest BCUT2D eigenvalue weighted by Gasteiger charge is -2.08. The number of carbonyl (C=O) groups is 1. The zero-order valence-corrected chi connectivity index (χ0v) is 12.7. The molecular weight excluding hydrogens is 339 g/mol. The van der Waals surface area contributed by atoms with Crippen molar-refractivity contribution in [3.63, 3.8) is 0 Å². The normalized spacial score (nSPS) is 10.2. The molecule has 0 bridgehead atoms. The Labute approximate surface area is 130 Å². The summed E-state index contributed by atoms with van der Waals surface area (Å²) in [5.41, 5.74) is 6.70. The van der Waals surface area contributed by atoms with Crippen LogP contribution in [0.3, 0.4) is 0 Å². The minimum atomic E-state index is -0.516. The molecule has 4 nitrogen and oxygen atoms in total. The van der Waals surface area contributed by atoms with Gasteiger partial charge < -0.3 is 15.8 Å². The first kappa shape index (κ1) is 15.3. The molecule has 1 amide bonds. The predicted octanol–water partition coefficient (Wildman–Crippen LogP) is 3.06. The van der Waals surface area contributed by atoms with Gasteiger partial charge in [-0.1, -0.05) is 12.1 Å². The average molecular weight is 353 g/mol. The van der Waals surface area contributed by atoms with E-state index in [0.717, 1.165) is 5.56 Å². The first-order chi connectivity index (χ1) is 10.0. The quantitative estimate of drug-likeness (QED) is 0.839. The summed E-state index contributed by atoms with van der Waals surface area (Å²) >= 11 is 3.11. The molecule has 0 radical (unpaired) electrons. The van der Waals surface area contributed by atoms with Crippen LogP contribution in [0.1, 0.15) is 5.56 Å². The van der Waals surface area contributed by atoms with Gasteiger partial charge in [0.15, 0.2) is 6.61 Å². The third-order valence-electron chi connectivity index (χ3n) is 2.72. The van der Waals surface area contributed by atoms with Crippen molar-refractivity contribution in [3.05, 3.63) is 58.3 Å². The van der Waals surface area contributed by atoms with E-state index < -0.39 is 5.91 Å². The second-order valence-electron chi connectivity index (χ2n) is 4.38. The van der Waals surface area contributed by atoms with E-state index in [2.05, 4.69) is 21.2 Å². The fourth-order valence-corrected chi connectivity index (χ4v) is 1.91. The Morgan fingerprint density at radius 2 is 1.95 bits per heavy atom. The summed E-state index contributed by atoms with van der Waals surface area (Å²) in [7, 11) is 0. The molecule has 2 rings (SSSR count). The maximum Gasteiger partial charge on any atom is 0.255 e. The monoisotopic (exact) mass is 352 g/mol. The van der Waals surface area contributed by atoms with Gasteiger partial charge >= 0.3 is 0 Å². The molecule has 0 heterocycles. The summed E-state index contributed by atoms with van der Waals surface area (Å²) in [5, 5.41) is 3.12. The minimum Gasteiger partial charge on any atom is -0.484 e. The van der Waals surface area contributed by atoms with E-state index in [1.165, 1.54) is 6.07 Å². The Morgan fingerprint density at radius 3 is 2.57 bits per heavy atom. The number of carbonyl (C=O) groups excluding carboxylic acids is 1. The molecule has 0 spiro atoms. The third-order valence-corrected chi connectivity index (χ3v) is 3.36. The zero-order chi connectivity index (χ0) is 15.2. The van der Waals surface area contributed by atoms with Crippen LogP contribution in [0.4, 0.5) is 10.1 Å². The van der Waals surface area contributed by atoms with Crippen LogP contribution in [0.5, 0.6) is 5.75 Å². The van der Waals surface area contributed by atoms with Crippen LogP contribution in [0.15, 0.2) is 46.9 Å². The standard InChI is InChI=1S/C15H14BrFN2O2/c16-13-6-3-11(7-14(13)17)19-8-10-1-4-12(5-2-10)21-9-15(18)20/h1-7,19H,8-9H2,(H2,18,20). The average Bonchev–Trinajstić information content (AvgIpc) is 2.47. The Bertz CT molecular complexity index is 632. The Hall–Kier alpha value is -2.08. The topological polar surface area (TPSA) is 64.4 Å². The second-order valence-corrected chi connectivity index (χ2v) is 5.24. The molecule has 0 aliphatic heterocycles. The molecule has 6 heteroatoms. The van der Waals surface area contributed by atoms with E-state index >= 15 is 0 Å². The van der Waals surface area contributed by atoms with Gasteiger partial charge in [-0.25, -0.2) is 4.39 Å². The molecular formula is C15H14BrFN2O2. The summed E-state index contributed by atoms with van der Waals surface area (Å²) in [6, 6.07) is 12.1. The number of halogens is 2. The summed E-state index contributed by atoms with van der Waals surface area (Å²) in [6.45, 7) is 0.410. The number of hydrogen-bond acceptors (Lipinski definition) is 3. The summed E-state index contributed by atoms with van der Waals surface area (Å²) < 4.78 is 19.0. The van der Waals surface area contributed by atoms with Crippen LogP contribution >= 0.6 is 15.9 Å². The van der Waals surface area contributed by atoms with Gasteiger partial charge in [-0.15, -0.1) is 0 Å². The number of anilines is 1. The molecule has 2 aromatic carbocycles. The van der Waals surface area contributed by atoms with E-state index in [9.17, 15) is 9.18 Å². The maximum absolute atomic E-state index is 13.4. The van der Waals surface area contributed by atoms with Crippen molar-refractivity contribution in [2.45, 2.75) is 6.54 Å². The molecule has 0 aliphatic rings. The van der Waals surface area contributed by atoms with E-state index in [1.54, 1.807) is 24.3 Å². The van der Waals surface area contributed by atoms with Crippen molar-refractivity contribution in [1.82, 2.24) is 0 Å². The number of amides is 1. The molecule has 0 aromatic heterocycles. The van der Waals surface area contributed by atoms with Gasteiger partial charge in [0.25, 0.3) is 5.91 Å². The van der Waals surface area contributed by atoms with Crippen LogP contribution < -0.4 is 15.8 Å². The lowest BCUT2D eigenvalue weighted by atomic mass is 10.2. The van der Waals surface area contributed by atoms with Gasteiger partial charge in [0.1, 0.15) is 11.6 Å². The molecule has 0 fully saturated rings. The Kier molecular flexibility index (Phi) is 5.16. The van der Waals surface area contributed by atoms with Gasteiger partial charge in [-0.3, -0.25) is 4.79 Å². The number of benzene rings is 2. The predicted molar refractivity (Wildman–Crippen MR) is 82.6 cm³/mol. The highest BCUT2D eigenvalue weighted by Gasteiger charge is 2.01. The third kappa shape index (κ3) is 4.75. The van der Waals surface area contributed by atoms with Crippen LogP contribution in [0.25, 0.3) is 0 Å². The second kappa shape index (κ2) is 7.08. The molecule has 0 saturated carbocycles. The van der Waals surface area contributed by atoms with Crippen molar-refractivity contribution >= 4 is 27.5 Å². The van der Waals surface area contributed by atoms with Gasteiger partial charge in [-0.2, -0.15) is 0 Å². The number of nitrogens with two attached hydrogens (primary N) is 1. The number of hydrogen-bond donors (Lipinski definition) is 2. The summed E-state index contributed by atoms with van der Waals surface area (Å²) in [4.78, 5) is 10.6. The fraction of sp³-hybridized carbons (Fsp3) is 0.133. The largest absolute Gasteiger partial charge is 0.484 e.